The summed E-state index contributed by atoms with van der Waals surface area (Å²) < 4.78 is 11.6. The van der Waals surface area contributed by atoms with E-state index in [4.69, 9.17) is 9.47 Å². The van der Waals surface area contributed by atoms with Crippen molar-refractivity contribution in [3.05, 3.63) is 0 Å². The number of hydrogen-bond acceptors (Lipinski definition) is 4. The van der Waals surface area contributed by atoms with E-state index in [2.05, 4.69) is 0 Å². The smallest absolute Gasteiger partial charge is 0.178 e. The van der Waals surface area contributed by atoms with Crippen LogP contribution < -0.4 is 0 Å². The summed E-state index contributed by atoms with van der Waals surface area (Å²) in [6, 6.07) is 0. The van der Waals surface area contributed by atoms with Crippen LogP contribution >= 0.6 is 23.5 Å². The highest BCUT2D eigenvalue weighted by molar-refractivity contribution is 8.17. The Morgan fingerprint density at radius 3 is 2.25 bits per heavy atom. The lowest BCUT2D eigenvalue weighted by molar-refractivity contribution is -0.168. The first-order chi connectivity index (χ1) is 5.97. The molecule has 4 heteroatoms. The van der Waals surface area contributed by atoms with Crippen LogP contribution in [0.15, 0.2) is 0 Å². The van der Waals surface area contributed by atoms with Gasteiger partial charge in [-0.15, -0.1) is 23.5 Å². The lowest BCUT2D eigenvalue weighted by Gasteiger charge is -2.31. The van der Waals surface area contributed by atoms with E-state index < -0.39 is 0 Å². The van der Waals surface area contributed by atoms with Gasteiger partial charge in [0.2, 0.25) is 0 Å². The molecule has 2 nitrogen and oxygen atoms in total. The predicted molar refractivity (Wildman–Crippen MR) is 53.6 cm³/mol. The topological polar surface area (TPSA) is 18.5 Å². The van der Waals surface area contributed by atoms with E-state index in [9.17, 15) is 0 Å². The van der Waals surface area contributed by atoms with E-state index >= 15 is 0 Å². The molecule has 2 saturated heterocycles. The quantitative estimate of drug-likeness (QED) is 0.652. The van der Waals surface area contributed by atoms with Crippen LogP contribution in [0.3, 0.4) is 0 Å². The fourth-order valence-corrected chi connectivity index (χ4v) is 4.19. The zero-order valence-corrected chi connectivity index (χ0v) is 8.66. The number of ether oxygens (including phenoxy) is 2. The molecule has 0 aliphatic carbocycles. The highest BCUT2D eigenvalue weighted by atomic mass is 32.2. The second-order valence-electron chi connectivity index (χ2n) is 2.93. The Labute approximate surface area is 81.8 Å². The van der Waals surface area contributed by atoms with Gasteiger partial charge in [-0.1, -0.05) is 0 Å². The van der Waals surface area contributed by atoms with Crippen molar-refractivity contribution in [2.75, 3.05) is 24.7 Å². The van der Waals surface area contributed by atoms with E-state index in [-0.39, 0.29) is 6.29 Å². The Bertz CT molecular complexity index is 115. The third-order valence-corrected chi connectivity index (χ3v) is 4.89. The minimum absolute atomic E-state index is 0.0639. The zero-order chi connectivity index (χ0) is 8.23. The van der Waals surface area contributed by atoms with Gasteiger partial charge in [-0.3, -0.25) is 0 Å². The van der Waals surface area contributed by atoms with E-state index in [1.54, 1.807) is 0 Å². The van der Waals surface area contributed by atoms with Crippen LogP contribution in [0.4, 0.5) is 0 Å². The minimum atomic E-state index is 0.0639. The van der Waals surface area contributed by atoms with Crippen molar-refractivity contribution in [3.8, 4) is 0 Å². The Morgan fingerprint density at radius 2 is 1.58 bits per heavy atom. The van der Waals surface area contributed by atoms with Gasteiger partial charge in [-0.05, 0) is 24.3 Å². The van der Waals surface area contributed by atoms with Gasteiger partial charge in [0, 0.05) is 0 Å². The van der Waals surface area contributed by atoms with Gasteiger partial charge < -0.3 is 9.47 Å². The van der Waals surface area contributed by atoms with Gasteiger partial charge >= 0.3 is 0 Å². The highest BCUT2D eigenvalue weighted by Crippen LogP contribution is 2.35. The molecular weight excluding hydrogens is 192 g/mol. The summed E-state index contributed by atoms with van der Waals surface area (Å²) >= 11 is 3.97. The second kappa shape index (κ2) is 4.74. The van der Waals surface area contributed by atoms with Crippen LogP contribution in [0.1, 0.15) is 12.8 Å². The summed E-state index contributed by atoms with van der Waals surface area (Å²) in [5.41, 5.74) is 0. The van der Waals surface area contributed by atoms with Crippen molar-refractivity contribution in [3.63, 3.8) is 0 Å². The average Bonchev–Trinajstić information content (AvgIpc) is 2.21. The molecule has 12 heavy (non-hydrogen) atoms. The molecule has 0 bridgehead atoms. The standard InChI is InChI=1S/C8H14O2S2/c1-3-9-7(10-4-1)8-11-5-2-6-12-8/h7-8H,1-6H2. The molecule has 0 aromatic carbocycles. The lowest BCUT2D eigenvalue weighted by Crippen LogP contribution is -2.33. The second-order valence-corrected chi connectivity index (χ2v) is 5.72. The maximum Gasteiger partial charge on any atom is 0.178 e. The largest absolute Gasteiger partial charge is 0.350 e. The van der Waals surface area contributed by atoms with Crippen molar-refractivity contribution < 1.29 is 9.47 Å². The van der Waals surface area contributed by atoms with Gasteiger partial charge in [-0.25, -0.2) is 0 Å². The molecule has 0 saturated carbocycles. The van der Waals surface area contributed by atoms with Gasteiger partial charge in [0.1, 0.15) is 4.58 Å². The molecule has 2 heterocycles. The first-order valence-corrected chi connectivity index (χ1v) is 6.53. The van der Waals surface area contributed by atoms with Crippen LogP contribution in [0, 0.1) is 0 Å². The summed E-state index contributed by atoms with van der Waals surface area (Å²) in [4.78, 5) is 0. The van der Waals surface area contributed by atoms with Crippen LogP contribution in [0.25, 0.3) is 0 Å². The molecule has 70 valence electrons. The van der Waals surface area contributed by atoms with E-state index in [0.717, 1.165) is 19.6 Å². The Kier molecular flexibility index (Phi) is 3.63. The maximum atomic E-state index is 5.55. The summed E-state index contributed by atoms with van der Waals surface area (Å²) in [5.74, 6) is 2.53. The molecule has 2 fully saturated rings. The molecule has 0 N–H and O–H groups in total. The third-order valence-electron chi connectivity index (χ3n) is 1.93. The summed E-state index contributed by atoms with van der Waals surface area (Å²) in [7, 11) is 0. The molecule has 2 aliphatic rings. The number of rotatable bonds is 1. The maximum absolute atomic E-state index is 5.55. The van der Waals surface area contributed by atoms with Gasteiger partial charge in [0.25, 0.3) is 0 Å². The van der Waals surface area contributed by atoms with Gasteiger partial charge in [0.05, 0.1) is 13.2 Å². The molecule has 0 amide bonds. The van der Waals surface area contributed by atoms with Crippen molar-refractivity contribution >= 4 is 23.5 Å². The number of hydrogen-bond donors (Lipinski definition) is 0. The van der Waals surface area contributed by atoms with Crippen molar-refractivity contribution in [2.24, 2.45) is 0 Å². The molecular formula is C8H14O2S2. The molecule has 0 aromatic heterocycles. The van der Waals surface area contributed by atoms with Crippen LogP contribution in [0.5, 0.6) is 0 Å². The monoisotopic (exact) mass is 206 g/mol. The zero-order valence-electron chi connectivity index (χ0n) is 7.03. The summed E-state index contributed by atoms with van der Waals surface area (Å²) in [6.07, 6.45) is 2.45. The fourth-order valence-electron chi connectivity index (χ4n) is 1.33. The first kappa shape index (κ1) is 9.19. The summed E-state index contributed by atoms with van der Waals surface area (Å²) in [5, 5.41) is 0. The van der Waals surface area contributed by atoms with Gasteiger partial charge in [0.15, 0.2) is 6.29 Å². The Hall–Kier alpha value is 0.620. The van der Waals surface area contributed by atoms with Crippen molar-refractivity contribution in [1.82, 2.24) is 0 Å². The van der Waals surface area contributed by atoms with E-state index in [1.165, 1.54) is 17.9 Å². The third kappa shape index (κ3) is 2.31. The molecule has 0 radical (unpaired) electrons. The SMILES string of the molecule is C1COC(C2SCCCS2)OC1. The average molecular weight is 206 g/mol. The number of thioether (sulfide) groups is 2. The Morgan fingerprint density at radius 1 is 0.917 bits per heavy atom. The van der Waals surface area contributed by atoms with Crippen LogP contribution in [-0.4, -0.2) is 35.6 Å². The Balaban J connectivity index is 1.80. The van der Waals surface area contributed by atoms with Crippen molar-refractivity contribution in [2.45, 2.75) is 23.7 Å². The van der Waals surface area contributed by atoms with E-state index in [0.29, 0.717) is 4.58 Å². The molecule has 0 spiro atoms. The first-order valence-electron chi connectivity index (χ1n) is 4.43. The van der Waals surface area contributed by atoms with E-state index in [1.807, 2.05) is 23.5 Å². The highest BCUT2D eigenvalue weighted by Gasteiger charge is 2.27. The molecule has 2 aliphatic heterocycles. The van der Waals surface area contributed by atoms with Crippen LogP contribution in [-0.2, 0) is 9.47 Å². The molecule has 0 atom stereocenters. The van der Waals surface area contributed by atoms with Crippen molar-refractivity contribution in [1.29, 1.82) is 0 Å². The predicted octanol–water partition coefficient (Wildman–Crippen LogP) is 1.95. The fraction of sp³-hybridized carbons (Fsp3) is 1.00. The normalized spacial score (nSPS) is 29.0. The molecule has 0 unspecified atom stereocenters. The molecule has 0 aromatic rings. The molecule has 2 rings (SSSR count). The lowest BCUT2D eigenvalue weighted by atomic mass is 10.4. The summed E-state index contributed by atoms with van der Waals surface area (Å²) in [6.45, 7) is 1.75. The minimum Gasteiger partial charge on any atom is -0.350 e. The van der Waals surface area contributed by atoms with Crippen LogP contribution in [0.2, 0.25) is 0 Å². The van der Waals surface area contributed by atoms with Gasteiger partial charge in [-0.2, -0.15) is 0 Å².